The van der Waals surface area contributed by atoms with Crippen LogP contribution in [0.3, 0.4) is 0 Å². The van der Waals surface area contributed by atoms with Crippen LogP contribution in [0, 0.1) is 25.1 Å². The lowest BCUT2D eigenvalue weighted by molar-refractivity contribution is -0.143. The van der Waals surface area contributed by atoms with Gasteiger partial charge in [0.15, 0.2) is 0 Å². The van der Waals surface area contributed by atoms with E-state index in [1.807, 2.05) is 5.92 Å². The minimum Gasteiger partial charge on any atom is -0.465 e. The topological polar surface area (TPSA) is 119 Å². The van der Waals surface area contributed by atoms with Gasteiger partial charge in [0.2, 0.25) is 5.91 Å². The number of rotatable bonds is 8. The number of aromatic nitrogens is 4. The highest BCUT2D eigenvalue weighted by Gasteiger charge is 2.34. The largest absolute Gasteiger partial charge is 0.465 e. The first-order valence-corrected chi connectivity index (χ1v) is 10.2. The number of esters is 1. The van der Waals surface area contributed by atoms with Crippen LogP contribution < -0.4 is 10.2 Å². The molecule has 0 aliphatic heterocycles. The Labute approximate surface area is 194 Å². The molecule has 0 radical (unpaired) electrons. The van der Waals surface area contributed by atoms with Crippen molar-refractivity contribution < 1.29 is 23.5 Å². The maximum atomic E-state index is 14.8. The number of hydrogen-bond acceptors (Lipinski definition) is 7. The van der Waals surface area contributed by atoms with Gasteiger partial charge >= 0.3 is 11.9 Å². The zero-order chi connectivity index (χ0) is 24.7. The highest BCUT2D eigenvalue weighted by Crippen LogP contribution is 2.31. The van der Waals surface area contributed by atoms with Gasteiger partial charge in [-0.15, -0.1) is 11.5 Å². The predicted octanol–water partition coefficient (Wildman–Crippen LogP) is 1.50. The molecule has 34 heavy (non-hydrogen) atoms. The molecule has 0 aliphatic carbocycles. The molecule has 1 heterocycles. The van der Waals surface area contributed by atoms with Crippen LogP contribution in [0.25, 0.3) is 5.69 Å². The van der Waals surface area contributed by atoms with E-state index >= 15 is 0 Å². The molecule has 3 rings (SSSR count). The van der Waals surface area contributed by atoms with Gasteiger partial charge in [-0.3, -0.25) is 19.3 Å². The molecule has 0 fully saturated rings. The summed E-state index contributed by atoms with van der Waals surface area (Å²) in [4.78, 5) is 38.8. The van der Waals surface area contributed by atoms with Gasteiger partial charge in [0, 0.05) is 11.3 Å². The van der Waals surface area contributed by atoms with Crippen LogP contribution in [-0.4, -0.2) is 51.1 Å². The van der Waals surface area contributed by atoms with E-state index in [0.717, 1.165) is 11.0 Å². The minimum absolute atomic E-state index is 0.102. The second-order valence-corrected chi connectivity index (χ2v) is 6.99. The Bertz CT molecular complexity index is 1240. The van der Waals surface area contributed by atoms with Crippen LogP contribution in [0.1, 0.15) is 24.1 Å². The molecule has 1 N–H and O–H groups in total. The molecule has 0 bridgehead atoms. The van der Waals surface area contributed by atoms with E-state index in [0.29, 0.717) is 11.3 Å². The Morgan fingerprint density at radius 2 is 2.03 bits per heavy atom. The van der Waals surface area contributed by atoms with Crippen molar-refractivity contribution in [3.8, 4) is 18.0 Å². The van der Waals surface area contributed by atoms with Crippen molar-refractivity contribution in [2.24, 2.45) is 0 Å². The van der Waals surface area contributed by atoms with Crippen molar-refractivity contribution in [1.29, 1.82) is 0 Å². The Morgan fingerprint density at radius 3 is 2.65 bits per heavy atom. The summed E-state index contributed by atoms with van der Waals surface area (Å²) in [5, 5.41) is 13.4. The van der Waals surface area contributed by atoms with Crippen LogP contribution >= 0.6 is 0 Å². The van der Waals surface area contributed by atoms with Gasteiger partial charge in [-0.1, -0.05) is 18.2 Å². The highest BCUT2D eigenvalue weighted by atomic mass is 19.1. The van der Waals surface area contributed by atoms with Gasteiger partial charge in [-0.25, -0.2) is 9.07 Å². The van der Waals surface area contributed by atoms with Gasteiger partial charge in [0.1, 0.15) is 24.7 Å². The molecular formula is C23H21FN6O4. The van der Waals surface area contributed by atoms with Crippen molar-refractivity contribution in [2.75, 3.05) is 18.1 Å². The summed E-state index contributed by atoms with van der Waals surface area (Å²) in [7, 11) is 0. The molecule has 2 amide bonds. The van der Waals surface area contributed by atoms with E-state index in [-0.39, 0.29) is 17.9 Å². The summed E-state index contributed by atoms with van der Waals surface area (Å²) in [6, 6.07) is 8.75. The zero-order valence-corrected chi connectivity index (χ0v) is 18.4. The van der Waals surface area contributed by atoms with E-state index in [9.17, 15) is 18.8 Å². The first kappa shape index (κ1) is 24.1. The van der Waals surface area contributed by atoms with Crippen LogP contribution in [0.15, 0.2) is 48.8 Å². The number of hydrogen-bond donors (Lipinski definition) is 1. The Hall–Kier alpha value is -4.59. The molecule has 10 nitrogen and oxygen atoms in total. The van der Waals surface area contributed by atoms with Crippen molar-refractivity contribution >= 4 is 23.5 Å². The first-order chi connectivity index (χ1) is 16.4. The number of anilines is 1. The number of amides is 2. The molecule has 0 aliphatic rings. The van der Waals surface area contributed by atoms with Crippen LogP contribution in [0.5, 0.6) is 0 Å². The fourth-order valence-electron chi connectivity index (χ4n) is 3.33. The standard InChI is InChI=1S/C23H21FN6O4/c1-4-20(31)30(16-10-11-19(15(3)12-16)29-14-26-27-28-29)22(17-8-6-7-9-18(17)24)23(33)25-13-21(32)34-5-2/h1,6-12,14,22H,5,13H2,2-3H3,(H,25,33). The number of nitrogens with one attached hydrogen (secondary N) is 1. The van der Waals surface area contributed by atoms with Crippen molar-refractivity contribution in [2.45, 2.75) is 19.9 Å². The summed E-state index contributed by atoms with van der Waals surface area (Å²) in [5.41, 5.74) is 1.40. The Morgan fingerprint density at radius 1 is 1.26 bits per heavy atom. The summed E-state index contributed by atoms with van der Waals surface area (Å²) >= 11 is 0. The number of carbonyl (C=O) groups excluding carboxylic acids is 3. The quantitative estimate of drug-likeness (QED) is 0.396. The van der Waals surface area contributed by atoms with Gasteiger partial charge in [0.25, 0.3) is 0 Å². The molecule has 2 aromatic carbocycles. The fraction of sp³-hybridized carbons (Fsp3) is 0.217. The summed E-state index contributed by atoms with van der Waals surface area (Å²) < 4.78 is 21.0. The molecule has 1 unspecified atom stereocenters. The average molecular weight is 464 g/mol. The van der Waals surface area contributed by atoms with Gasteiger partial charge in [-0.2, -0.15) is 0 Å². The number of nitrogens with zero attached hydrogens (tertiary/aromatic N) is 5. The summed E-state index contributed by atoms with van der Waals surface area (Å²) in [6.07, 6.45) is 6.80. The molecule has 3 aromatic rings. The summed E-state index contributed by atoms with van der Waals surface area (Å²) in [6.45, 7) is 3.03. The molecule has 11 heteroatoms. The number of tetrazole rings is 1. The third-order valence-electron chi connectivity index (χ3n) is 4.82. The lowest BCUT2D eigenvalue weighted by Gasteiger charge is -2.30. The molecule has 0 saturated carbocycles. The smallest absolute Gasteiger partial charge is 0.325 e. The summed E-state index contributed by atoms with van der Waals surface area (Å²) in [5.74, 6) is -1.11. The molecule has 174 valence electrons. The second-order valence-electron chi connectivity index (χ2n) is 6.99. The third kappa shape index (κ3) is 5.24. The van der Waals surface area contributed by atoms with E-state index in [4.69, 9.17) is 11.2 Å². The molecule has 1 atom stereocenters. The third-order valence-corrected chi connectivity index (χ3v) is 4.82. The zero-order valence-electron chi connectivity index (χ0n) is 18.4. The number of halogens is 1. The van der Waals surface area contributed by atoms with Gasteiger partial charge in [-0.05, 0) is 60.0 Å². The monoisotopic (exact) mass is 464 g/mol. The number of benzene rings is 2. The fourth-order valence-corrected chi connectivity index (χ4v) is 3.33. The maximum absolute atomic E-state index is 14.8. The Balaban J connectivity index is 2.07. The van der Waals surface area contributed by atoms with E-state index < -0.39 is 36.2 Å². The van der Waals surface area contributed by atoms with E-state index in [2.05, 4.69) is 20.8 Å². The van der Waals surface area contributed by atoms with Gasteiger partial charge < -0.3 is 10.1 Å². The van der Waals surface area contributed by atoms with Crippen LogP contribution in [0.4, 0.5) is 10.1 Å². The van der Waals surface area contributed by atoms with Gasteiger partial charge in [0.05, 0.1) is 12.3 Å². The first-order valence-electron chi connectivity index (χ1n) is 10.2. The predicted molar refractivity (Wildman–Crippen MR) is 119 cm³/mol. The van der Waals surface area contributed by atoms with Crippen LogP contribution in [0.2, 0.25) is 0 Å². The molecular weight excluding hydrogens is 443 g/mol. The van der Waals surface area contributed by atoms with Crippen molar-refractivity contribution in [1.82, 2.24) is 25.5 Å². The van der Waals surface area contributed by atoms with E-state index in [1.54, 1.807) is 26.0 Å². The van der Waals surface area contributed by atoms with Crippen molar-refractivity contribution in [3.05, 3.63) is 65.7 Å². The maximum Gasteiger partial charge on any atom is 0.325 e. The van der Waals surface area contributed by atoms with Crippen LogP contribution in [-0.2, 0) is 19.1 Å². The number of aryl methyl sites for hydroxylation is 1. The highest BCUT2D eigenvalue weighted by molar-refractivity contribution is 6.10. The van der Waals surface area contributed by atoms with Crippen molar-refractivity contribution in [3.63, 3.8) is 0 Å². The minimum atomic E-state index is -1.50. The second kappa shape index (κ2) is 10.8. The molecule has 1 aromatic heterocycles. The van der Waals surface area contributed by atoms with E-state index in [1.165, 1.54) is 35.3 Å². The molecule has 0 saturated heterocycles. The number of carbonyl (C=O) groups is 3. The lowest BCUT2D eigenvalue weighted by atomic mass is 10.0. The normalized spacial score (nSPS) is 11.2. The number of terminal acetylenes is 1. The molecule has 0 spiro atoms. The number of ether oxygens (including phenoxy) is 1. The lowest BCUT2D eigenvalue weighted by Crippen LogP contribution is -2.45. The average Bonchev–Trinajstić information content (AvgIpc) is 3.36. The SMILES string of the molecule is C#CC(=O)N(c1ccc(-n2cnnn2)c(C)c1)C(C(=O)NCC(=O)OCC)c1ccccc1F. The Kier molecular flexibility index (Phi) is 7.66.